The summed E-state index contributed by atoms with van der Waals surface area (Å²) >= 11 is 0. The second kappa shape index (κ2) is 7.66. The van der Waals surface area contributed by atoms with Crippen molar-refractivity contribution in [1.29, 1.82) is 0 Å². The van der Waals surface area contributed by atoms with Gasteiger partial charge in [0, 0.05) is 17.8 Å². The minimum Gasteiger partial charge on any atom is -0.366 e. The van der Waals surface area contributed by atoms with Crippen molar-refractivity contribution in [2.45, 2.75) is 32.4 Å². The Balaban J connectivity index is 1.69. The number of amides is 2. The van der Waals surface area contributed by atoms with E-state index in [4.69, 9.17) is 5.73 Å². The molecule has 1 aliphatic rings. The van der Waals surface area contributed by atoms with Gasteiger partial charge in [-0.3, -0.25) is 14.5 Å². The Labute approximate surface area is 152 Å². The average Bonchev–Trinajstić information content (AvgIpc) is 3.06. The summed E-state index contributed by atoms with van der Waals surface area (Å²) in [4.78, 5) is 26.3. The number of anilines is 1. The Morgan fingerprint density at radius 1 is 1.23 bits per heavy atom. The summed E-state index contributed by atoms with van der Waals surface area (Å²) in [6.07, 6.45) is 1.70. The topological polar surface area (TPSA) is 75.4 Å². The van der Waals surface area contributed by atoms with Gasteiger partial charge < -0.3 is 11.1 Å². The highest BCUT2D eigenvalue weighted by Gasteiger charge is 2.30. The third-order valence-corrected chi connectivity index (χ3v) is 4.74. The molecule has 26 heavy (non-hydrogen) atoms. The Morgan fingerprint density at radius 3 is 2.65 bits per heavy atom. The van der Waals surface area contributed by atoms with Crippen molar-refractivity contribution >= 4 is 17.5 Å². The second-order valence-corrected chi connectivity index (χ2v) is 6.64. The molecule has 1 heterocycles. The number of aryl methyl sites for hydroxylation is 1. The summed E-state index contributed by atoms with van der Waals surface area (Å²) in [5, 5.41) is 2.88. The molecule has 1 aliphatic heterocycles. The molecule has 2 aromatic rings. The van der Waals surface area contributed by atoms with Crippen LogP contribution in [0.3, 0.4) is 0 Å². The van der Waals surface area contributed by atoms with Gasteiger partial charge in [0.1, 0.15) is 5.82 Å². The average molecular weight is 355 g/mol. The molecule has 136 valence electrons. The molecule has 0 aromatic heterocycles. The van der Waals surface area contributed by atoms with Crippen LogP contribution in [0.2, 0.25) is 0 Å². The number of benzene rings is 2. The maximum absolute atomic E-state index is 13.1. The number of primary amides is 1. The van der Waals surface area contributed by atoms with E-state index in [1.807, 2.05) is 0 Å². The Hall–Kier alpha value is -2.73. The van der Waals surface area contributed by atoms with E-state index in [0.717, 1.165) is 30.5 Å². The van der Waals surface area contributed by atoms with Crippen molar-refractivity contribution in [3.8, 4) is 0 Å². The van der Waals surface area contributed by atoms with Crippen molar-refractivity contribution in [1.82, 2.24) is 4.90 Å². The predicted molar refractivity (Wildman–Crippen MR) is 98.2 cm³/mol. The molecule has 0 radical (unpaired) electrons. The number of hydrogen-bond acceptors (Lipinski definition) is 3. The van der Waals surface area contributed by atoms with Gasteiger partial charge in [0.2, 0.25) is 11.8 Å². The minimum atomic E-state index is -0.516. The lowest BCUT2D eigenvalue weighted by molar-refractivity contribution is -0.120. The summed E-state index contributed by atoms with van der Waals surface area (Å²) in [6, 6.07) is 11.2. The van der Waals surface area contributed by atoms with Crippen LogP contribution in [0, 0.1) is 12.7 Å². The van der Waals surface area contributed by atoms with Gasteiger partial charge >= 0.3 is 0 Å². The van der Waals surface area contributed by atoms with Gasteiger partial charge in [-0.05, 0) is 61.7 Å². The Kier molecular flexibility index (Phi) is 5.32. The third kappa shape index (κ3) is 4.08. The van der Waals surface area contributed by atoms with E-state index in [9.17, 15) is 14.0 Å². The molecule has 3 N–H and O–H groups in total. The highest BCUT2D eigenvalue weighted by molar-refractivity contribution is 5.98. The molecule has 1 unspecified atom stereocenters. The van der Waals surface area contributed by atoms with Crippen molar-refractivity contribution in [3.63, 3.8) is 0 Å². The third-order valence-electron chi connectivity index (χ3n) is 4.74. The van der Waals surface area contributed by atoms with Gasteiger partial charge in [-0.2, -0.15) is 0 Å². The standard InChI is InChI=1S/C20H22FN3O2/c1-13-4-9-16(11-17(13)19(22)25)23-20(26)18-3-2-10-24(18)12-14-5-7-15(21)8-6-14/h4-9,11,18H,2-3,10,12H2,1H3,(H2,22,25)(H,23,26). The monoisotopic (exact) mass is 355 g/mol. The highest BCUT2D eigenvalue weighted by atomic mass is 19.1. The fourth-order valence-corrected chi connectivity index (χ4v) is 3.33. The lowest BCUT2D eigenvalue weighted by Crippen LogP contribution is -2.39. The molecule has 2 aromatic carbocycles. The molecular weight excluding hydrogens is 333 g/mol. The number of nitrogens with one attached hydrogen (secondary N) is 1. The molecule has 1 fully saturated rings. The van der Waals surface area contributed by atoms with Gasteiger partial charge in [-0.25, -0.2) is 4.39 Å². The van der Waals surface area contributed by atoms with Crippen molar-refractivity contribution in [2.75, 3.05) is 11.9 Å². The summed E-state index contributed by atoms with van der Waals surface area (Å²) < 4.78 is 13.1. The number of halogens is 1. The molecule has 3 rings (SSSR count). The van der Waals surface area contributed by atoms with Gasteiger partial charge in [-0.15, -0.1) is 0 Å². The normalized spacial score (nSPS) is 17.2. The molecule has 2 amide bonds. The number of rotatable bonds is 5. The van der Waals surface area contributed by atoms with Crippen LogP contribution in [-0.2, 0) is 11.3 Å². The first kappa shape index (κ1) is 18.1. The Morgan fingerprint density at radius 2 is 1.96 bits per heavy atom. The van der Waals surface area contributed by atoms with Crippen LogP contribution < -0.4 is 11.1 Å². The second-order valence-electron chi connectivity index (χ2n) is 6.64. The number of nitrogens with zero attached hydrogens (tertiary/aromatic N) is 1. The number of likely N-dealkylation sites (tertiary alicyclic amines) is 1. The van der Waals surface area contributed by atoms with Crippen LogP contribution in [0.15, 0.2) is 42.5 Å². The maximum Gasteiger partial charge on any atom is 0.249 e. The fourth-order valence-electron chi connectivity index (χ4n) is 3.33. The fraction of sp³-hybridized carbons (Fsp3) is 0.300. The molecule has 0 saturated carbocycles. The van der Waals surface area contributed by atoms with E-state index in [1.54, 1.807) is 37.3 Å². The summed E-state index contributed by atoms with van der Waals surface area (Å²) in [5.74, 6) is -0.893. The van der Waals surface area contributed by atoms with E-state index in [0.29, 0.717) is 17.8 Å². The zero-order valence-electron chi connectivity index (χ0n) is 14.7. The molecule has 0 spiro atoms. The summed E-state index contributed by atoms with van der Waals surface area (Å²) in [5.41, 5.74) is 8.07. The molecule has 0 aliphatic carbocycles. The van der Waals surface area contributed by atoms with Gasteiger partial charge in [0.25, 0.3) is 0 Å². The first-order chi connectivity index (χ1) is 12.4. The van der Waals surface area contributed by atoms with Crippen LogP contribution in [0.1, 0.15) is 34.3 Å². The van der Waals surface area contributed by atoms with E-state index >= 15 is 0 Å². The first-order valence-electron chi connectivity index (χ1n) is 8.64. The predicted octanol–water partition coefficient (Wildman–Crippen LogP) is 2.84. The molecule has 0 bridgehead atoms. The van der Waals surface area contributed by atoms with Gasteiger partial charge in [-0.1, -0.05) is 18.2 Å². The van der Waals surface area contributed by atoms with Crippen molar-refractivity contribution in [3.05, 3.63) is 65.0 Å². The molecule has 6 heteroatoms. The molecular formula is C20H22FN3O2. The number of hydrogen-bond donors (Lipinski definition) is 2. The van der Waals surface area contributed by atoms with E-state index < -0.39 is 5.91 Å². The van der Waals surface area contributed by atoms with Gasteiger partial charge in [0.05, 0.1) is 6.04 Å². The van der Waals surface area contributed by atoms with Crippen molar-refractivity contribution < 1.29 is 14.0 Å². The van der Waals surface area contributed by atoms with E-state index in [1.165, 1.54) is 12.1 Å². The minimum absolute atomic E-state index is 0.108. The first-order valence-corrected chi connectivity index (χ1v) is 8.64. The lowest BCUT2D eigenvalue weighted by Gasteiger charge is -2.24. The zero-order valence-corrected chi connectivity index (χ0v) is 14.7. The van der Waals surface area contributed by atoms with E-state index in [-0.39, 0.29) is 17.8 Å². The van der Waals surface area contributed by atoms with Crippen LogP contribution in [0.25, 0.3) is 0 Å². The van der Waals surface area contributed by atoms with E-state index in [2.05, 4.69) is 10.2 Å². The van der Waals surface area contributed by atoms with Crippen LogP contribution in [0.4, 0.5) is 10.1 Å². The zero-order chi connectivity index (χ0) is 18.7. The smallest absolute Gasteiger partial charge is 0.249 e. The van der Waals surface area contributed by atoms with Gasteiger partial charge in [0.15, 0.2) is 0 Å². The number of carbonyl (C=O) groups excluding carboxylic acids is 2. The van der Waals surface area contributed by atoms with Crippen LogP contribution in [0.5, 0.6) is 0 Å². The van der Waals surface area contributed by atoms with Crippen LogP contribution in [-0.4, -0.2) is 29.3 Å². The maximum atomic E-state index is 13.1. The SMILES string of the molecule is Cc1ccc(NC(=O)C2CCCN2Cc2ccc(F)cc2)cc1C(N)=O. The molecule has 5 nitrogen and oxygen atoms in total. The molecule has 1 saturated heterocycles. The summed E-state index contributed by atoms with van der Waals surface area (Å²) in [7, 11) is 0. The Bertz CT molecular complexity index is 820. The van der Waals surface area contributed by atoms with Crippen LogP contribution >= 0.6 is 0 Å². The largest absolute Gasteiger partial charge is 0.366 e. The number of nitrogens with two attached hydrogens (primary N) is 1. The lowest BCUT2D eigenvalue weighted by atomic mass is 10.1. The van der Waals surface area contributed by atoms with Crippen molar-refractivity contribution in [2.24, 2.45) is 5.73 Å². The molecule has 1 atom stereocenters. The highest BCUT2D eigenvalue weighted by Crippen LogP contribution is 2.22. The quantitative estimate of drug-likeness (QED) is 0.866. The summed E-state index contributed by atoms with van der Waals surface area (Å²) in [6.45, 7) is 3.21. The number of carbonyl (C=O) groups is 2.